The number of thioether (sulfide) groups is 1. The van der Waals surface area contributed by atoms with Crippen molar-refractivity contribution in [3.05, 3.63) is 83.7 Å². The summed E-state index contributed by atoms with van der Waals surface area (Å²) in [4.78, 5) is 36.2. The molecule has 2 aromatic carbocycles. The third-order valence-electron chi connectivity index (χ3n) is 4.91. The van der Waals surface area contributed by atoms with Crippen molar-refractivity contribution in [1.29, 1.82) is 0 Å². The lowest BCUT2D eigenvalue weighted by Gasteiger charge is -2.16. The molecule has 0 saturated carbocycles. The third-order valence-corrected chi connectivity index (χ3v) is 5.87. The van der Waals surface area contributed by atoms with Crippen LogP contribution in [0.5, 0.6) is 0 Å². The fourth-order valence-electron chi connectivity index (χ4n) is 3.25. The number of nitrogens with zero attached hydrogens (tertiary/aromatic N) is 3. The number of allylic oxidation sites excluding steroid dienone is 1. The smallest absolute Gasteiger partial charge is 0.335 e. The van der Waals surface area contributed by atoms with Gasteiger partial charge < -0.3 is 20.3 Å². The Hall–Kier alpha value is -3.92. The summed E-state index contributed by atoms with van der Waals surface area (Å²) >= 11 is 1.18. The molecule has 176 valence electrons. The van der Waals surface area contributed by atoms with Crippen molar-refractivity contribution in [2.75, 3.05) is 11.1 Å². The van der Waals surface area contributed by atoms with Crippen LogP contribution in [0.3, 0.4) is 0 Å². The van der Waals surface area contributed by atoms with Gasteiger partial charge in [0.15, 0.2) is 11.0 Å². The first kappa shape index (κ1) is 24.7. The van der Waals surface area contributed by atoms with Gasteiger partial charge in [0, 0.05) is 17.8 Å². The van der Waals surface area contributed by atoms with Crippen LogP contribution in [0.4, 0.5) is 5.69 Å². The van der Waals surface area contributed by atoms with E-state index in [1.807, 2.05) is 32.0 Å². The van der Waals surface area contributed by atoms with E-state index in [-0.39, 0.29) is 23.1 Å². The molecule has 0 spiro atoms. The van der Waals surface area contributed by atoms with E-state index >= 15 is 0 Å². The van der Waals surface area contributed by atoms with Gasteiger partial charge >= 0.3 is 5.97 Å². The van der Waals surface area contributed by atoms with Crippen LogP contribution in [0, 0.1) is 6.92 Å². The molecular weight excluding hydrogens is 454 g/mol. The van der Waals surface area contributed by atoms with Crippen LogP contribution < -0.4 is 10.6 Å². The van der Waals surface area contributed by atoms with Crippen molar-refractivity contribution in [3.8, 4) is 0 Å². The maximum absolute atomic E-state index is 12.7. The second-order valence-electron chi connectivity index (χ2n) is 7.47. The Morgan fingerprint density at radius 1 is 1.18 bits per heavy atom. The highest BCUT2D eigenvalue weighted by molar-refractivity contribution is 7.99. The van der Waals surface area contributed by atoms with E-state index in [0.717, 1.165) is 5.56 Å². The Labute approximate surface area is 201 Å². The lowest BCUT2D eigenvalue weighted by Crippen LogP contribution is -2.29. The average Bonchev–Trinajstić information content (AvgIpc) is 3.21. The van der Waals surface area contributed by atoms with Gasteiger partial charge in [-0.25, -0.2) is 4.79 Å². The first-order valence-electron chi connectivity index (χ1n) is 10.5. The fourth-order valence-corrected chi connectivity index (χ4v) is 4.01. The summed E-state index contributed by atoms with van der Waals surface area (Å²) in [6.45, 7) is 7.86. The van der Waals surface area contributed by atoms with Crippen LogP contribution in [0.15, 0.2) is 66.3 Å². The monoisotopic (exact) mass is 479 g/mol. The molecule has 0 unspecified atom stereocenters. The van der Waals surface area contributed by atoms with Gasteiger partial charge in [0.1, 0.15) is 0 Å². The van der Waals surface area contributed by atoms with Crippen molar-refractivity contribution < 1.29 is 19.5 Å². The third kappa shape index (κ3) is 6.10. The number of aromatic carboxylic acids is 1. The summed E-state index contributed by atoms with van der Waals surface area (Å²) in [5.41, 5.74) is 1.94. The number of carboxylic acid groups (broad SMARTS) is 1. The topological polar surface area (TPSA) is 126 Å². The van der Waals surface area contributed by atoms with Crippen LogP contribution in [0.25, 0.3) is 0 Å². The number of aryl methyl sites for hydroxylation is 1. The zero-order valence-electron chi connectivity index (χ0n) is 18.8. The normalized spacial score (nSPS) is 11.5. The minimum absolute atomic E-state index is 0.0382. The number of carboxylic acids is 1. The number of carbonyl (C=O) groups is 3. The van der Waals surface area contributed by atoms with Crippen molar-refractivity contribution in [2.24, 2.45) is 0 Å². The van der Waals surface area contributed by atoms with E-state index in [1.165, 1.54) is 23.9 Å². The molecule has 0 aliphatic rings. The first-order valence-corrected chi connectivity index (χ1v) is 11.4. The Kier molecular flexibility index (Phi) is 8.20. The Balaban J connectivity index is 1.67. The molecule has 1 atom stereocenters. The maximum Gasteiger partial charge on any atom is 0.335 e. The van der Waals surface area contributed by atoms with Gasteiger partial charge in [-0.3, -0.25) is 9.59 Å². The number of benzene rings is 2. The molecule has 3 aromatic rings. The quantitative estimate of drug-likeness (QED) is 0.299. The molecule has 0 fully saturated rings. The van der Waals surface area contributed by atoms with Crippen molar-refractivity contribution in [1.82, 2.24) is 20.1 Å². The number of amides is 2. The van der Waals surface area contributed by atoms with Gasteiger partial charge in [-0.1, -0.05) is 42.1 Å². The molecule has 0 aliphatic carbocycles. The number of aromatic nitrogens is 3. The molecular formula is C24H25N5O4S. The lowest BCUT2D eigenvalue weighted by molar-refractivity contribution is -0.113. The summed E-state index contributed by atoms with van der Waals surface area (Å²) in [6.07, 6.45) is 1.68. The molecule has 10 heteroatoms. The zero-order chi connectivity index (χ0) is 24.7. The van der Waals surface area contributed by atoms with Crippen LogP contribution in [-0.4, -0.2) is 43.4 Å². The number of rotatable bonds is 10. The summed E-state index contributed by atoms with van der Waals surface area (Å²) < 4.78 is 1.79. The molecule has 1 heterocycles. The fraction of sp³-hybridized carbons (Fsp3) is 0.208. The van der Waals surface area contributed by atoms with Crippen LogP contribution in [0.1, 0.15) is 45.1 Å². The number of anilines is 1. The van der Waals surface area contributed by atoms with Gasteiger partial charge in [-0.05, 0) is 43.7 Å². The molecule has 3 N–H and O–H groups in total. The van der Waals surface area contributed by atoms with Crippen molar-refractivity contribution >= 4 is 35.2 Å². The SMILES string of the molecule is C=CCn1c(SCC(=O)Nc2cccc(C(=O)O)c2)nnc1[C@H](C)NC(=O)c1ccccc1C. The van der Waals surface area contributed by atoms with E-state index in [1.54, 1.807) is 28.8 Å². The number of nitrogens with one attached hydrogen (secondary N) is 2. The molecule has 9 nitrogen and oxygen atoms in total. The first-order chi connectivity index (χ1) is 16.3. The highest BCUT2D eigenvalue weighted by atomic mass is 32.2. The Morgan fingerprint density at radius 2 is 1.94 bits per heavy atom. The highest BCUT2D eigenvalue weighted by Crippen LogP contribution is 2.22. The summed E-state index contributed by atoms with van der Waals surface area (Å²) in [6, 6.07) is 12.9. The van der Waals surface area contributed by atoms with Crippen LogP contribution >= 0.6 is 11.8 Å². The van der Waals surface area contributed by atoms with E-state index in [9.17, 15) is 14.4 Å². The predicted octanol–water partition coefficient (Wildman–Crippen LogP) is 3.69. The zero-order valence-corrected chi connectivity index (χ0v) is 19.6. The number of hydrogen-bond acceptors (Lipinski definition) is 6. The summed E-state index contributed by atoms with van der Waals surface area (Å²) in [7, 11) is 0. The molecule has 3 rings (SSSR count). The Bertz CT molecular complexity index is 1220. The standard InChI is InChI=1S/C24H25N5O4S/c1-4-12-29-21(16(3)25-22(31)19-11-6-5-8-15(19)2)27-28-24(29)34-14-20(30)26-18-10-7-9-17(13-18)23(32)33/h4-11,13,16H,1,12,14H2,2-3H3,(H,25,31)(H,26,30)(H,32,33)/t16-/m0/s1. The highest BCUT2D eigenvalue weighted by Gasteiger charge is 2.21. The second-order valence-corrected chi connectivity index (χ2v) is 8.42. The minimum Gasteiger partial charge on any atom is -0.478 e. The van der Waals surface area contributed by atoms with Crippen molar-refractivity contribution in [3.63, 3.8) is 0 Å². The van der Waals surface area contributed by atoms with E-state index < -0.39 is 12.0 Å². The summed E-state index contributed by atoms with van der Waals surface area (Å²) in [5, 5.41) is 23.6. The van der Waals surface area contributed by atoms with Crippen LogP contribution in [0.2, 0.25) is 0 Å². The molecule has 0 radical (unpaired) electrons. The second kappa shape index (κ2) is 11.3. The Morgan fingerprint density at radius 3 is 2.65 bits per heavy atom. The van der Waals surface area contributed by atoms with Crippen molar-refractivity contribution in [2.45, 2.75) is 31.6 Å². The summed E-state index contributed by atoms with van der Waals surface area (Å²) in [5.74, 6) is -1.02. The van der Waals surface area contributed by atoms with E-state index in [2.05, 4.69) is 27.4 Å². The molecule has 1 aromatic heterocycles. The molecule has 2 amide bonds. The lowest BCUT2D eigenvalue weighted by atomic mass is 10.1. The van der Waals surface area contributed by atoms with Gasteiger partial charge in [0.25, 0.3) is 5.91 Å². The molecule has 0 saturated heterocycles. The number of carbonyl (C=O) groups excluding carboxylic acids is 2. The predicted molar refractivity (Wildman–Crippen MR) is 130 cm³/mol. The molecule has 0 aliphatic heterocycles. The van der Waals surface area contributed by atoms with Gasteiger partial charge in [0.2, 0.25) is 5.91 Å². The van der Waals surface area contributed by atoms with E-state index in [4.69, 9.17) is 5.11 Å². The van der Waals surface area contributed by atoms with Crippen LogP contribution in [-0.2, 0) is 11.3 Å². The van der Waals surface area contributed by atoms with E-state index in [0.29, 0.717) is 28.8 Å². The molecule has 34 heavy (non-hydrogen) atoms. The minimum atomic E-state index is -1.07. The van der Waals surface area contributed by atoms with Gasteiger partial charge in [-0.2, -0.15) is 0 Å². The average molecular weight is 480 g/mol. The van der Waals surface area contributed by atoms with Gasteiger partial charge in [-0.15, -0.1) is 16.8 Å². The van der Waals surface area contributed by atoms with Gasteiger partial charge in [0.05, 0.1) is 17.4 Å². The molecule has 0 bridgehead atoms. The maximum atomic E-state index is 12.7. The largest absolute Gasteiger partial charge is 0.478 e. The number of hydrogen-bond donors (Lipinski definition) is 3.